The summed E-state index contributed by atoms with van der Waals surface area (Å²) in [4.78, 5) is 1.05. The van der Waals surface area contributed by atoms with Crippen LogP contribution in [0.1, 0.15) is 0 Å². The van der Waals surface area contributed by atoms with Crippen LogP contribution in [0, 0.1) is 0 Å². The van der Waals surface area contributed by atoms with Crippen LogP contribution in [-0.4, -0.2) is 5.16 Å². The van der Waals surface area contributed by atoms with Crippen molar-refractivity contribution < 1.29 is 4.52 Å². The normalized spacial score (nSPS) is 11.0. The lowest BCUT2D eigenvalue weighted by molar-refractivity contribution is 0.439. The molecular weight excluding hydrogens is 400 g/mol. The minimum atomic E-state index is 0.349. The predicted octanol–water partition coefficient (Wildman–Crippen LogP) is 5.24. The largest absolute Gasteiger partial charge is 0.367 e. The molecule has 0 bridgehead atoms. The van der Waals surface area contributed by atoms with Crippen molar-refractivity contribution in [3.8, 4) is 21.7 Å². The Hall–Kier alpha value is -0.630. The molecule has 0 radical (unpaired) electrons. The van der Waals surface area contributed by atoms with Gasteiger partial charge in [-0.05, 0) is 49.4 Å². The maximum atomic E-state index is 5.88. The van der Waals surface area contributed by atoms with Gasteiger partial charge in [-0.3, -0.25) is 0 Å². The van der Waals surface area contributed by atoms with E-state index < -0.39 is 0 Å². The Morgan fingerprint density at radius 3 is 2.78 bits per heavy atom. The number of hydrogen-bond acceptors (Lipinski definition) is 5. The SMILES string of the molecule is Nc1onc(-c2cc(Br)sc2Br)c1-c1cccs1. The van der Waals surface area contributed by atoms with Crippen LogP contribution in [0.25, 0.3) is 21.7 Å². The van der Waals surface area contributed by atoms with Gasteiger partial charge in [-0.2, -0.15) is 0 Å². The highest BCUT2D eigenvalue weighted by Crippen LogP contribution is 2.44. The quantitative estimate of drug-likeness (QED) is 0.634. The maximum absolute atomic E-state index is 5.88. The van der Waals surface area contributed by atoms with Gasteiger partial charge in [0.1, 0.15) is 5.69 Å². The molecule has 3 nitrogen and oxygen atoms in total. The third-order valence-corrected chi connectivity index (χ3v) is 5.62. The van der Waals surface area contributed by atoms with Crippen molar-refractivity contribution >= 4 is 60.4 Å². The van der Waals surface area contributed by atoms with E-state index in [0.717, 1.165) is 29.3 Å². The summed E-state index contributed by atoms with van der Waals surface area (Å²) < 4.78 is 7.17. The van der Waals surface area contributed by atoms with Gasteiger partial charge < -0.3 is 10.3 Å². The van der Waals surface area contributed by atoms with Crippen LogP contribution in [0.15, 0.2) is 35.7 Å². The Labute approximate surface area is 128 Å². The molecule has 7 heteroatoms. The van der Waals surface area contributed by atoms with Crippen LogP contribution < -0.4 is 5.73 Å². The highest BCUT2D eigenvalue weighted by molar-refractivity contribution is 9.12. The summed E-state index contributed by atoms with van der Waals surface area (Å²) in [6, 6.07) is 5.99. The molecule has 0 aromatic carbocycles. The Balaban J connectivity index is 2.23. The number of halogens is 2. The Bertz CT molecular complexity index is 688. The van der Waals surface area contributed by atoms with E-state index in [0.29, 0.717) is 5.88 Å². The molecule has 0 unspecified atom stereocenters. The number of nitrogens with two attached hydrogens (primary N) is 1. The zero-order chi connectivity index (χ0) is 12.7. The molecule has 2 N–H and O–H groups in total. The number of thiophene rings is 2. The van der Waals surface area contributed by atoms with Gasteiger partial charge in [0.25, 0.3) is 0 Å². The summed E-state index contributed by atoms with van der Waals surface area (Å²) in [7, 11) is 0. The van der Waals surface area contributed by atoms with Crippen LogP contribution >= 0.6 is 54.5 Å². The van der Waals surface area contributed by atoms with Crippen LogP contribution in [0.2, 0.25) is 0 Å². The lowest BCUT2D eigenvalue weighted by Gasteiger charge is -1.97. The lowest BCUT2D eigenvalue weighted by atomic mass is 10.1. The standard InChI is InChI=1S/C11H6Br2N2OS2/c12-7-4-5(10(13)18-7)9-8(11(14)16-15-9)6-2-1-3-17-6/h1-4H,14H2. The van der Waals surface area contributed by atoms with Crippen LogP contribution in [0.4, 0.5) is 5.88 Å². The van der Waals surface area contributed by atoms with E-state index in [1.165, 1.54) is 0 Å². The van der Waals surface area contributed by atoms with Gasteiger partial charge >= 0.3 is 0 Å². The Morgan fingerprint density at radius 1 is 1.33 bits per heavy atom. The van der Waals surface area contributed by atoms with Crippen molar-refractivity contribution in [1.82, 2.24) is 5.16 Å². The number of aromatic nitrogens is 1. The third kappa shape index (κ3) is 2.05. The summed E-state index contributed by atoms with van der Waals surface area (Å²) in [5.74, 6) is 0.349. The molecule has 3 rings (SSSR count). The molecule has 3 aromatic heterocycles. The smallest absolute Gasteiger partial charge is 0.231 e. The molecule has 0 fully saturated rings. The lowest BCUT2D eigenvalue weighted by Crippen LogP contribution is -1.84. The van der Waals surface area contributed by atoms with Crippen molar-refractivity contribution in [2.75, 3.05) is 5.73 Å². The second-order valence-corrected chi connectivity index (χ2v) is 8.18. The third-order valence-electron chi connectivity index (χ3n) is 2.40. The first kappa shape index (κ1) is 12.4. The molecule has 0 amide bonds. The van der Waals surface area contributed by atoms with Crippen molar-refractivity contribution in [1.29, 1.82) is 0 Å². The van der Waals surface area contributed by atoms with Gasteiger partial charge in [0.2, 0.25) is 5.88 Å². The van der Waals surface area contributed by atoms with Gasteiger partial charge in [-0.15, -0.1) is 22.7 Å². The first-order valence-electron chi connectivity index (χ1n) is 4.91. The van der Waals surface area contributed by atoms with E-state index in [2.05, 4.69) is 37.0 Å². The van der Waals surface area contributed by atoms with E-state index in [9.17, 15) is 0 Å². The molecule has 0 aliphatic carbocycles. The molecular formula is C11H6Br2N2OS2. The average Bonchev–Trinajstić information content (AvgIpc) is 2.99. The molecule has 3 aromatic rings. The van der Waals surface area contributed by atoms with Crippen LogP contribution in [0.3, 0.4) is 0 Å². The van der Waals surface area contributed by atoms with E-state index in [-0.39, 0.29) is 0 Å². The molecule has 0 aliphatic rings. The van der Waals surface area contributed by atoms with Gasteiger partial charge in [-0.25, -0.2) is 0 Å². The monoisotopic (exact) mass is 404 g/mol. The molecule has 3 heterocycles. The fourth-order valence-electron chi connectivity index (χ4n) is 1.65. The average molecular weight is 406 g/mol. The summed E-state index contributed by atoms with van der Waals surface area (Å²) in [6.07, 6.45) is 0. The highest BCUT2D eigenvalue weighted by Gasteiger charge is 2.21. The zero-order valence-corrected chi connectivity index (χ0v) is 13.6. The van der Waals surface area contributed by atoms with E-state index in [1.54, 1.807) is 22.7 Å². The van der Waals surface area contributed by atoms with Crippen molar-refractivity contribution in [2.45, 2.75) is 0 Å². The van der Waals surface area contributed by atoms with E-state index in [4.69, 9.17) is 10.3 Å². The molecule has 92 valence electrons. The van der Waals surface area contributed by atoms with Crippen LogP contribution in [-0.2, 0) is 0 Å². The molecule has 0 saturated heterocycles. The van der Waals surface area contributed by atoms with E-state index >= 15 is 0 Å². The number of anilines is 1. The van der Waals surface area contributed by atoms with E-state index in [1.807, 2.05) is 23.6 Å². The Kier molecular flexibility index (Phi) is 3.31. The number of rotatable bonds is 2. The minimum absolute atomic E-state index is 0.349. The van der Waals surface area contributed by atoms with Gasteiger partial charge in [0.15, 0.2) is 0 Å². The van der Waals surface area contributed by atoms with Crippen molar-refractivity contribution in [2.24, 2.45) is 0 Å². The number of hydrogen-bond donors (Lipinski definition) is 1. The molecule has 0 saturated carbocycles. The highest BCUT2D eigenvalue weighted by atomic mass is 79.9. The summed E-state index contributed by atoms with van der Waals surface area (Å²) in [5, 5.41) is 6.08. The molecule has 18 heavy (non-hydrogen) atoms. The maximum Gasteiger partial charge on any atom is 0.231 e. The summed E-state index contributed by atoms with van der Waals surface area (Å²) in [6.45, 7) is 0. The van der Waals surface area contributed by atoms with Crippen LogP contribution in [0.5, 0.6) is 0 Å². The minimum Gasteiger partial charge on any atom is -0.367 e. The summed E-state index contributed by atoms with van der Waals surface area (Å²) >= 11 is 10.2. The number of nitrogens with zero attached hydrogens (tertiary/aromatic N) is 1. The van der Waals surface area contributed by atoms with Gasteiger partial charge in [0.05, 0.1) is 13.1 Å². The van der Waals surface area contributed by atoms with Crippen molar-refractivity contribution in [3.63, 3.8) is 0 Å². The van der Waals surface area contributed by atoms with Gasteiger partial charge in [-0.1, -0.05) is 11.2 Å². The zero-order valence-electron chi connectivity index (χ0n) is 8.81. The second-order valence-electron chi connectivity index (χ2n) is 3.49. The molecule has 0 aliphatic heterocycles. The fraction of sp³-hybridized carbons (Fsp3) is 0. The molecule has 0 spiro atoms. The van der Waals surface area contributed by atoms with Crippen molar-refractivity contribution in [3.05, 3.63) is 31.2 Å². The first-order valence-corrected chi connectivity index (χ1v) is 8.19. The predicted molar refractivity (Wildman–Crippen MR) is 82.9 cm³/mol. The molecule has 0 atom stereocenters. The summed E-state index contributed by atoms with van der Waals surface area (Å²) in [5.41, 5.74) is 8.49. The first-order chi connectivity index (χ1) is 8.66. The Morgan fingerprint density at radius 2 is 2.17 bits per heavy atom. The number of nitrogen functional groups attached to an aromatic ring is 1. The topological polar surface area (TPSA) is 52.0 Å². The second kappa shape index (κ2) is 4.80. The fourth-order valence-corrected chi connectivity index (χ4v) is 5.23. The van der Waals surface area contributed by atoms with Gasteiger partial charge in [0, 0.05) is 10.4 Å².